The molecule has 0 aliphatic heterocycles. The molecule has 0 heterocycles. The minimum absolute atomic E-state index is 0.431. The number of ether oxygens (including phenoxy) is 2. The lowest BCUT2D eigenvalue weighted by molar-refractivity contribution is 0.0999. The summed E-state index contributed by atoms with van der Waals surface area (Å²) in [5.41, 5.74) is 7.54. The van der Waals surface area contributed by atoms with Gasteiger partial charge >= 0.3 is 0 Å². The van der Waals surface area contributed by atoms with Crippen LogP contribution < -0.4 is 15.2 Å². The first-order valence-corrected chi connectivity index (χ1v) is 6.10. The molecule has 0 fully saturated rings. The van der Waals surface area contributed by atoms with Crippen LogP contribution in [0, 0.1) is 6.42 Å². The molecule has 0 aliphatic carbocycles. The highest BCUT2D eigenvalue weighted by atomic mass is 16.5. The number of amides is 1. The summed E-state index contributed by atoms with van der Waals surface area (Å²) in [4.78, 5) is 11.5. The van der Waals surface area contributed by atoms with Gasteiger partial charge in [0.2, 0.25) is 5.91 Å². The average Bonchev–Trinajstić information content (AvgIpc) is 2.48. The fourth-order valence-corrected chi connectivity index (χ4v) is 1.88. The average molecular weight is 270 g/mol. The second-order valence-corrected chi connectivity index (χ2v) is 4.23. The van der Waals surface area contributed by atoms with Gasteiger partial charge in [0.1, 0.15) is 11.5 Å². The van der Waals surface area contributed by atoms with E-state index in [2.05, 4.69) is 0 Å². The Bertz CT molecular complexity index is 606. The van der Waals surface area contributed by atoms with Crippen LogP contribution in [0.4, 0.5) is 0 Å². The standard InChI is InChI=1S/C16H16NO3/c1-19-13-6-3-11(4-7-13)9-12-5-8-14(20-2)10-15(12)16(17)18/h3-10H,1-2H3,(H2,17,18). The topological polar surface area (TPSA) is 61.6 Å². The van der Waals surface area contributed by atoms with Crippen LogP contribution in [0.3, 0.4) is 0 Å². The normalized spacial score (nSPS) is 10.1. The fourth-order valence-electron chi connectivity index (χ4n) is 1.88. The number of carbonyl (C=O) groups excluding carboxylic acids is 1. The van der Waals surface area contributed by atoms with E-state index >= 15 is 0 Å². The molecular formula is C16H16NO3. The maximum atomic E-state index is 11.5. The molecule has 0 atom stereocenters. The minimum atomic E-state index is -0.483. The smallest absolute Gasteiger partial charge is 0.249 e. The number of carbonyl (C=O) groups is 1. The van der Waals surface area contributed by atoms with Crippen molar-refractivity contribution in [3.63, 3.8) is 0 Å². The summed E-state index contributed by atoms with van der Waals surface area (Å²) >= 11 is 0. The molecule has 1 amide bonds. The van der Waals surface area contributed by atoms with Gasteiger partial charge in [0.15, 0.2) is 0 Å². The van der Waals surface area contributed by atoms with Crippen LogP contribution in [0.5, 0.6) is 11.5 Å². The van der Waals surface area contributed by atoms with Gasteiger partial charge in [-0.05, 0) is 35.4 Å². The van der Waals surface area contributed by atoms with E-state index in [1.54, 1.807) is 26.4 Å². The van der Waals surface area contributed by atoms with Gasteiger partial charge in [-0.2, -0.15) is 0 Å². The van der Waals surface area contributed by atoms with Gasteiger partial charge in [0.25, 0.3) is 0 Å². The molecule has 20 heavy (non-hydrogen) atoms. The Hall–Kier alpha value is -2.49. The third-order valence-electron chi connectivity index (χ3n) is 2.96. The largest absolute Gasteiger partial charge is 0.497 e. The van der Waals surface area contributed by atoms with Crippen molar-refractivity contribution in [3.8, 4) is 11.5 Å². The van der Waals surface area contributed by atoms with Crippen LogP contribution in [0.1, 0.15) is 21.5 Å². The monoisotopic (exact) mass is 270 g/mol. The van der Waals surface area contributed by atoms with Crippen LogP contribution in [0.2, 0.25) is 0 Å². The number of nitrogens with two attached hydrogens (primary N) is 1. The molecule has 0 aromatic heterocycles. The summed E-state index contributed by atoms with van der Waals surface area (Å²) in [5, 5.41) is 0. The maximum Gasteiger partial charge on any atom is 0.249 e. The zero-order chi connectivity index (χ0) is 14.5. The van der Waals surface area contributed by atoms with Crippen LogP contribution in [-0.2, 0) is 0 Å². The molecule has 0 aliphatic rings. The van der Waals surface area contributed by atoms with Crippen molar-refractivity contribution in [2.45, 2.75) is 0 Å². The van der Waals surface area contributed by atoms with Crippen molar-refractivity contribution in [3.05, 3.63) is 65.6 Å². The van der Waals surface area contributed by atoms with E-state index in [4.69, 9.17) is 15.2 Å². The molecule has 1 radical (unpaired) electrons. The quantitative estimate of drug-likeness (QED) is 0.907. The fraction of sp³-hybridized carbons (Fsp3) is 0.125. The van der Waals surface area contributed by atoms with E-state index < -0.39 is 5.91 Å². The Balaban J connectivity index is 2.29. The van der Waals surface area contributed by atoms with Crippen molar-refractivity contribution in [2.75, 3.05) is 14.2 Å². The summed E-state index contributed by atoms with van der Waals surface area (Å²) < 4.78 is 10.2. The summed E-state index contributed by atoms with van der Waals surface area (Å²) in [7, 11) is 3.17. The van der Waals surface area contributed by atoms with Crippen molar-refractivity contribution in [1.29, 1.82) is 0 Å². The first-order valence-electron chi connectivity index (χ1n) is 6.10. The third kappa shape index (κ3) is 3.09. The van der Waals surface area contributed by atoms with E-state index in [1.807, 2.05) is 36.8 Å². The van der Waals surface area contributed by atoms with Crippen molar-refractivity contribution in [1.82, 2.24) is 0 Å². The SMILES string of the molecule is COc1ccc([CH]c2ccc(OC)cc2C(N)=O)cc1. The highest BCUT2D eigenvalue weighted by Crippen LogP contribution is 2.22. The number of methoxy groups -OCH3 is 2. The maximum absolute atomic E-state index is 11.5. The van der Waals surface area contributed by atoms with Gasteiger partial charge in [-0.1, -0.05) is 18.2 Å². The zero-order valence-electron chi connectivity index (χ0n) is 11.4. The molecule has 2 N–H and O–H groups in total. The van der Waals surface area contributed by atoms with E-state index in [1.165, 1.54) is 0 Å². The van der Waals surface area contributed by atoms with Crippen molar-refractivity contribution in [2.24, 2.45) is 5.73 Å². The number of hydrogen-bond acceptors (Lipinski definition) is 3. The number of primary amides is 1. The second kappa shape index (κ2) is 6.10. The molecule has 2 aromatic rings. The van der Waals surface area contributed by atoms with Gasteiger partial charge in [-0.3, -0.25) is 4.79 Å². The van der Waals surface area contributed by atoms with Gasteiger partial charge in [0, 0.05) is 12.0 Å². The Morgan fingerprint density at radius 3 is 2.15 bits per heavy atom. The van der Waals surface area contributed by atoms with Crippen LogP contribution in [0.25, 0.3) is 0 Å². The molecule has 2 aromatic carbocycles. The third-order valence-corrected chi connectivity index (χ3v) is 2.96. The van der Waals surface area contributed by atoms with Gasteiger partial charge in [0.05, 0.1) is 14.2 Å². The second-order valence-electron chi connectivity index (χ2n) is 4.23. The molecule has 0 unspecified atom stereocenters. The number of hydrogen-bond donors (Lipinski definition) is 1. The molecule has 0 bridgehead atoms. The van der Waals surface area contributed by atoms with Gasteiger partial charge in [-0.15, -0.1) is 0 Å². The molecule has 0 saturated heterocycles. The van der Waals surface area contributed by atoms with Gasteiger partial charge < -0.3 is 15.2 Å². The number of benzene rings is 2. The van der Waals surface area contributed by atoms with Crippen molar-refractivity contribution < 1.29 is 14.3 Å². The van der Waals surface area contributed by atoms with Crippen LogP contribution in [-0.4, -0.2) is 20.1 Å². The Morgan fingerprint density at radius 2 is 1.60 bits per heavy atom. The summed E-state index contributed by atoms with van der Waals surface area (Å²) in [5.74, 6) is 0.904. The highest BCUT2D eigenvalue weighted by molar-refractivity contribution is 5.95. The molecule has 4 heteroatoms. The lowest BCUT2D eigenvalue weighted by atomic mass is 9.99. The number of rotatable bonds is 5. The lowest BCUT2D eigenvalue weighted by Crippen LogP contribution is -2.13. The van der Waals surface area contributed by atoms with Gasteiger partial charge in [-0.25, -0.2) is 0 Å². The first kappa shape index (κ1) is 13.9. The highest BCUT2D eigenvalue weighted by Gasteiger charge is 2.10. The van der Waals surface area contributed by atoms with E-state index in [0.29, 0.717) is 11.3 Å². The van der Waals surface area contributed by atoms with E-state index in [-0.39, 0.29) is 0 Å². The molecule has 0 saturated carbocycles. The predicted octanol–water partition coefficient (Wildman–Crippen LogP) is 2.40. The molecule has 2 rings (SSSR count). The summed E-state index contributed by atoms with van der Waals surface area (Å²) in [6, 6.07) is 12.8. The van der Waals surface area contributed by atoms with Crippen LogP contribution in [0.15, 0.2) is 42.5 Å². The molecule has 103 valence electrons. The summed E-state index contributed by atoms with van der Waals surface area (Å²) in [6.07, 6.45) is 1.89. The van der Waals surface area contributed by atoms with E-state index in [9.17, 15) is 4.79 Å². The summed E-state index contributed by atoms with van der Waals surface area (Å²) in [6.45, 7) is 0. The first-order chi connectivity index (χ1) is 9.63. The molecule has 0 spiro atoms. The van der Waals surface area contributed by atoms with Crippen LogP contribution >= 0.6 is 0 Å². The molecule has 4 nitrogen and oxygen atoms in total. The zero-order valence-corrected chi connectivity index (χ0v) is 11.4. The Morgan fingerprint density at radius 1 is 1.00 bits per heavy atom. The van der Waals surface area contributed by atoms with Crippen molar-refractivity contribution >= 4 is 5.91 Å². The predicted molar refractivity (Wildman–Crippen MR) is 77.0 cm³/mol. The van der Waals surface area contributed by atoms with E-state index in [0.717, 1.165) is 16.9 Å². The Kier molecular flexibility index (Phi) is 4.25. The lowest BCUT2D eigenvalue weighted by Gasteiger charge is -2.09. The molecular weight excluding hydrogens is 254 g/mol. The Labute approximate surface area is 118 Å². The minimum Gasteiger partial charge on any atom is -0.497 e.